The van der Waals surface area contributed by atoms with Gasteiger partial charge in [0.1, 0.15) is 17.3 Å². The number of pyridine rings is 1. The van der Waals surface area contributed by atoms with Gasteiger partial charge in [0.05, 0.1) is 23.9 Å². The van der Waals surface area contributed by atoms with Crippen LogP contribution >= 0.6 is 0 Å². The number of nitrogens with zero attached hydrogens (tertiary/aromatic N) is 3. The van der Waals surface area contributed by atoms with E-state index >= 15 is 0 Å². The first-order valence-electron chi connectivity index (χ1n) is 8.57. The minimum Gasteiger partial charge on any atom is -0.497 e. The SMILES string of the molecule is COc1cccc(-c2cc(C(F)F)c3c(C)nn(-c4ccccc4F)c3n2)c1. The van der Waals surface area contributed by atoms with Gasteiger partial charge in [-0.25, -0.2) is 22.8 Å². The average Bonchev–Trinajstić information content (AvgIpc) is 3.04. The molecule has 0 aliphatic heterocycles. The van der Waals surface area contributed by atoms with E-state index in [1.165, 1.54) is 30.0 Å². The number of rotatable bonds is 4. The molecular formula is C21H16F3N3O. The summed E-state index contributed by atoms with van der Waals surface area (Å²) in [4.78, 5) is 4.55. The molecule has 0 spiro atoms. The van der Waals surface area contributed by atoms with Gasteiger partial charge in [0.25, 0.3) is 6.43 Å². The highest BCUT2D eigenvalue weighted by Gasteiger charge is 2.22. The van der Waals surface area contributed by atoms with Crippen molar-refractivity contribution in [3.63, 3.8) is 0 Å². The van der Waals surface area contributed by atoms with Gasteiger partial charge in [-0.3, -0.25) is 0 Å². The van der Waals surface area contributed by atoms with E-state index in [2.05, 4.69) is 10.1 Å². The van der Waals surface area contributed by atoms with Gasteiger partial charge in [-0.2, -0.15) is 5.10 Å². The van der Waals surface area contributed by atoms with Crippen molar-refractivity contribution in [1.29, 1.82) is 0 Å². The summed E-state index contributed by atoms with van der Waals surface area (Å²) < 4.78 is 48.5. The summed E-state index contributed by atoms with van der Waals surface area (Å²) >= 11 is 0. The Morgan fingerprint density at radius 2 is 1.82 bits per heavy atom. The first-order chi connectivity index (χ1) is 13.5. The van der Waals surface area contributed by atoms with E-state index in [4.69, 9.17) is 4.74 Å². The van der Waals surface area contributed by atoms with Crippen LogP contribution in [0.2, 0.25) is 0 Å². The molecule has 2 aromatic heterocycles. The fourth-order valence-corrected chi connectivity index (χ4v) is 3.22. The summed E-state index contributed by atoms with van der Waals surface area (Å²) in [6, 6.07) is 14.3. The molecule has 4 rings (SSSR count). The van der Waals surface area contributed by atoms with Crippen LogP contribution in [-0.2, 0) is 0 Å². The first-order valence-corrected chi connectivity index (χ1v) is 8.57. The van der Waals surface area contributed by atoms with Crippen molar-refractivity contribution in [3.05, 3.63) is 71.7 Å². The van der Waals surface area contributed by atoms with Crippen LogP contribution in [0.5, 0.6) is 5.75 Å². The van der Waals surface area contributed by atoms with E-state index < -0.39 is 12.2 Å². The van der Waals surface area contributed by atoms with Gasteiger partial charge >= 0.3 is 0 Å². The van der Waals surface area contributed by atoms with Crippen molar-refractivity contribution in [2.45, 2.75) is 13.3 Å². The van der Waals surface area contributed by atoms with Crippen molar-refractivity contribution in [3.8, 4) is 22.7 Å². The average molecular weight is 383 g/mol. The van der Waals surface area contributed by atoms with E-state index in [-0.39, 0.29) is 22.3 Å². The summed E-state index contributed by atoms with van der Waals surface area (Å²) in [7, 11) is 1.52. The smallest absolute Gasteiger partial charge is 0.264 e. The highest BCUT2D eigenvalue weighted by molar-refractivity contribution is 5.86. The Balaban J connectivity index is 2.04. The third-order valence-electron chi connectivity index (χ3n) is 4.52. The molecule has 4 nitrogen and oxygen atoms in total. The molecule has 0 N–H and O–H groups in total. The van der Waals surface area contributed by atoms with Crippen LogP contribution in [0, 0.1) is 12.7 Å². The molecule has 0 amide bonds. The number of alkyl halides is 2. The maximum atomic E-state index is 14.3. The molecule has 0 fully saturated rings. The van der Waals surface area contributed by atoms with Gasteiger partial charge in [-0.05, 0) is 37.3 Å². The lowest BCUT2D eigenvalue weighted by Crippen LogP contribution is -2.02. The quantitative estimate of drug-likeness (QED) is 0.468. The fraction of sp³-hybridized carbons (Fsp3) is 0.143. The molecule has 142 valence electrons. The Bertz CT molecular complexity index is 1170. The number of ether oxygens (including phenoxy) is 1. The van der Waals surface area contributed by atoms with Crippen LogP contribution in [-0.4, -0.2) is 21.9 Å². The molecule has 0 bridgehead atoms. The van der Waals surface area contributed by atoms with Gasteiger partial charge in [0.2, 0.25) is 0 Å². The number of benzene rings is 2. The number of hydrogen-bond acceptors (Lipinski definition) is 3. The monoisotopic (exact) mass is 383 g/mol. The van der Waals surface area contributed by atoms with Crippen LogP contribution < -0.4 is 4.74 Å². The molecule has 0 saturated heterocycles. The molecule has 2 heterocycles. The minimum absolute atomic E-state index is 0.149. The fourth-order valence-electron chi connectivity index (χ4n) is 3.22. The summed E-state index contributed by atoms with van der Waals surface area (Å²) in [6.45, 7) is 1.61. The number of methoxy groups -OCH3 is 1. The number of aryl methyl sites for hydroxylation is 1. The molecular weight excluding hydrogens is 367 g/mol. The van der Waals surface area contributed by atoms with E-state index in [1.54, 1.807) is 43.3 Å². The number of halogens is 3. The standard InChI is InChI=1S/C21H16F3N3O/c1-12-19-15(20(23)24)11-17(13-6-5-7-14(10-13)28-2)25-21(19)27(26-12)18-9-4-3-8-16(18)22/h3-11,20H,1-2H3. The zero-order valence-electron chi connectivity index (χ0n) is 15.2. The van der Waals surface area contributed by atoms with Crippen molar-refractivity contribution in [2.75, 3.05) is 7.11 Å². The summed E-state index contributed by atoms with van der Waals surface area (Å²) in [5.41, 5.74) is 1.44. The molecule has 0 unspecified atom stereocenters. The Kier molecular flexibility index (Phi) is 4.50. The maximum absolute atomic E-state index is 14.3. The number of fused-ring (bicyclic) bond motifs is 1. The second-order valence-electron chi connectivity index (χ2n) is 6.28. The van der Waals surface area contributed by atoms with Crippen LogP contribution in [0.25, 0.3) is 28.0 Å². The maximum Gasteiger partial charge on any atom is 0.264 e. The largest absolute Gasteiger partial charge is 0.497 e. The summed E-state index contributed by atoms with van der Waals surface area (Å²) in [6.07, 6.45) is -2.73. The van der Waals surface area contributed by atoms with E-state index in [0.29, 0.717) is 22.7 Å². The number of aromatic nitrogens is 3. The number of hydrogen-bond donors (Lipinski definition) is 0. The lowest BCUT2D eigenvalue weighted by Gasteiger charge is -2.10. The Hall–Kier alpha value is -3.35. The van der Waals surface area contributed by atoms with Crippen molar-refractivity contribution >= 4 is 11.0 Å². The summed E-state index contributed by atoms with van der Waals surface area (Å²) in [5, 5.41) is 4.52. The molecule has 0 atom stereocenters. The minimum atomic E-state index is -2.73. The second kappa shape index (κ2) is 6.99. The first kappa shape index (κ1) is 18.0. The van der Waals surface area contributed by atoms with Crippen LogP contribution in [0.1, 0.15) is 17.7 Å². The molecule has 0 saturated carbocycles. The predicted molar refractivity (Wildman–Crippen MR) is 101 cm³/mol. The zero-order valence-corrected chi connectivity index (χ0v) is 15.2. The molecule has 0 radical (unpaired) electrons. The Labute approximate surface area is 159 Å². The van der Waals surface area contributed by atoms with Crippen LogP contribution in [0.15, 0.2) is 54.6 Å². The highest BCUT2D eigenvalue weighted by atomic mass is 19.3. The molecule has 7 heteroatoms. The Morgan fingerprint density at radius 1 is 1.04 bits per heavy atom. The third-order valence-corrected chi connectivity index (χ3v) is 4.52. The van der Waals surface area contributed by atoms with Gasteiger partial charge in [-0.15, -0.1) is 0 Å². The molecule has 2 aromatic carbocycles. The molecule has 4 aromatic rings. The van der Waals surface area contributed by atoms with Crippen LogP contribution in [0.3, 0.4) is 0 Å². The summed E-state index contributed by atoms with van der Waals surface area (Å²) in [5.74, 6) is 0.0656. The van der Waals surface area contributed by atoms with Crippen LogP contribution in [0.4, 0.5) is 13.2 Å². The van der Waals surface area contributed by atoms with Gasteiger partial charge in [0, 0.05) is 11.1 Å². The lowest BCUT2D eigenvalue weighted by atomic mass is 10.1. The van der Waals surface area contributed by atoms with Crippen molar-refractivity contribution < 1.29 is 17.9 Å². The number of para-hydroxylation sites is 1. The Morgan fingerprint density at radius 3 is 2.54 bits per heavy atom. The molecule has 0 aliphatic rings. The topological polar surface area (TPSA) is 39.9 Å². The predicted octanol–water partition coefficient (Wildman–Crippen LogP) is 5.48. The molecule has 28 heavy (non-hydrogen) atoms. The van der Waals surface area contributed by atoms with Gasteiger partial charge < -0.3 is 4.74 Å². The van der Waals surface area contributed by atoms with Crippen molar-refractivity contribution in [2.24, 2.45) is 0 Å². The second-order valence-corrected chi connectivity index (χ2v) is 6.28. The third kappa shape index (κ3) is 2.98. The van der Waals surface area contributed by atoms with Gasteiger partial charge in [-0.1, -0.05) is 24.3 Å². The van der Waals surface area contributed by atoms with E-state index in [1.807, 2.05) is 0 Å². The normalized spacial score (nSPS) is 11.4. The van der Waals surface area contributed by atoms with Crippen molar-refractivity contribution in [1.82, 2.24) is 14.8 Å². The lowest BCUT2D eigenvalue weighted by molar-refractivity contribution is 0.153. The van der Waals surface area contributed by atoms with E-state index in [9.17, 15) is 13.2 Å². The highest BCUT2D eigenvalue weighted by Crippen LogP contribution is 2.34. The van der Waals surface area contributed by atoms with E-state index in [0.717, 1.165) is 0 Å². The molecule has 0 aliphatic carbocycles. The zero-order chi connectivity index (χ0) is 19.8. The van der Waals surface area contributed by atoms with Gasteiger partial charge in [0.15, 0.2) is 5.65 Å².